The quantitative estimate of drug-likeness (QED) is 0.101. The Balaban J connectivity index is 1.44. The van der Waals surface area contributed by atoms with Crippen molar-refractivity contribution in [3.05, 3.63) is 46.9 Å². The van der Waals surface area contributed by atoms with Crippen molar-refractivity contribution in [1.29, 1.82) is 0 Å². The molecule has 0 saturated carbocycles. The topological polar surface area (TPSA) is 163 Å². The van der Waals surface area contributed by atoms with Gasteiger partial charge in [-0.2, -0.15) is 5.43 Å². The van der Waals surface area contributed by atoms with Gasteiger partial charge in [0.05, 0.1) is 6.54 Å². The molecule has 0 bridgehead atoms. The summed E-state index contributed by atoms with van der Waals surface area (Å²) < 4.78 is 1.87. The first-order valence-corrected chi connectivity index (χ1v) is 14.2. The molecule has 2 aliphatic rings. The molecular weight excluding hydrogens is 538 g/mol. The highest BCUT2D eigenvalue weighted by atomic mass is 32.2. The number of nitrogen functional groups attached to an aromatic ring is 1. The number of aliphatic carboxylic acids is 1. The number of aromatic nitrogens is 2. The molecule has 2 atom stereocenters. The second kappa shape index (κ2) is 11.8. The first-order chi connectivity index (χ1) is 17.8. The van der Waals surface area contributed by atoms with Crippen LogP contribution < -0.4 is 21.2 Å². The van der Waals surface area contributed by atoms with Crippen LogP contribution in [0.3, 0.4) is 0 Å². The van der Waals surface area contributed by atoms with Gasteiger partial charge in [-0.05, 0) is 12.0 Å². The van der Waals surface area contributed by atoms with Gasteiger partial charge in [0.15, 0.2) is 10.8 Å². The van der Waals surface area contributed by atoms with Crippen LogP contribution in [0.4, 0.5) is 5.13 Å². The summed E-state index contributed by atoms with van der Waals surface area (Å²) in [6, 6.07) is 2.99. The number of nitrogens with one attached hydrogen (secondary N) is 2. The number of amides is 2. The zero-order chi connectivity index (χ0) is 26.5. The highest BCUT2D eigenvalue weighted by Crippen LogP contribution is 2.41. The van der Waals surface area contributed by atoms with Crippen molar-refractivity contribution in [2.75, 3.05) is 36.3 Å². The van der Waals surface area contributed by atoms with Gasteiger partial charge in [-0.1, -0.05) is 16.8 Å². The van der Waals surface area contributed by atoms with Gasteiger partial charge in [0.1, 0.15) is 29.9 Å². The lowest BCUT2D eigenvalue weighted by Crippen LogP contribution is -2.71. The number of thioether (sulfide) groups is 2. The highest BCUT2D eigenvalue weighted by molar-refractivity contribution is 8.01. The lowest BCUT2D eigenvalue weighted by atomic mass is 10.0. The van der Waals surface area contributed by atoms with Crippen LogP contribution in [0.15, 0.2) is 51.2 Å². The minimum Gasteiger partial charge on any atom is -0.477 e. The van der Waals surface area contributed by atoms with Crippen LogP contribution in [-0.2, 0) is 19.2 Å². The van der Waals surface area contributed by atoms with E-state index in [1.165, 1.54) is 35.5 Å². The summed E-state index contributed by atoms with van der Waals surface area (Å²) >= 11 is 4.04. The minimum atomic E-state index is -1.17. The van der Waals surface area contributed by atoms with Gasteiger partial charge in [0, 0.05) is 33.9 Å². The number of nitrogens with zero attached hydrogens (tertiary/aromatic N) is 4. The van der Waals surface area contributed by atoms with Crippen molar-refractivity contribution in [2.24, 2.45) is 5.16 Å². The van der Waals surface area contributed by atoms with Gasteiger partial charge in [-0.15, -0.1) is 34.9 Å². The van der Waals surface area contributed by atoms with Crippen molar-refractivity contribution in [2.45, 2.75) is 29.7 Å². The molecule has 0 spiro atoms. The molecule has 37 heavy (non-hydrogen) atoms. The van der Waals surface area contributed by atoms with Gasteiger partial charge >= 0.3 is 5.97 Å². The van der Waals surface area contributed by atoms with E-state index in [4.69, 9.17) is 10.6 Å². The number of nitrogens with two attached hydrogens (primary N) is 1. The number of carbonyl (C=O) groups excluding carboxylic acids is 2. The molecule has 2 amide bonds. The second-order valence-corrected chi connectivity index (χ2v) is 11.0. The predicted octanol–water partition coefficient (Wildman–Crippen LogP) is 0.848. The van der Waals surface area contributed by atoms with Crippen LogP contribution >= 0.6 is 34.9 Å². The Bertz CT molecular complexity index is 1250. The first-order valence-electron chi connectivity index (χ1n) is 11.2. The maximum Gasteiger partial charge on any atom is 0.352 e. The van der Waals surface area contributed by atoms with Crippen molar-refractivity contribution in [3.63, 3.8) is 0 Å². The number of thiazole rings is 1. The fraction of sp³-hybridized carbons (Fsp3) is 0.364. The minimum absolute atomic E-state index is 0.0274. The molecule has 4 heterocycles. The maximum absolute atomic E-state index is 13.0. The zero-order valence-electron chi connectivity index (χ0n) is 20.0. The molecule has 0 aliphatic carbocycles. The highest BCUT2D eigenvalue weighted by Gasteiger charge is 2.54. The molecule has 2 aromatic heterocycles. The normalized spacial score (nSPS) is 19.2. The number of rotatable bonds is 11. The summed E-state index contributed by atoms with van der Waals surface area (Å²) in [7, 11) is 1.29. The van der Waals surface area contributed by atoms with Crippen molar-refractivity contribution in [1.82, 2.24) is 15.2 Å². The molecule has 1 saturated heterocycles. The molecule has 15 heteroatoms. The summed E-state index contributed by atoms with van der Waals surface area (Å²) in [4.78, 5) is 49.0. The summed E-state index contributed by atoms with van der Waals surface area (Å²) in [5, 5.41) is 17.6. The van der Waals surface area contributed by atoms with Crippen LogP contribution in [0.25, 0.3) is 0 Å². The first kappa shape index (κ1) is 26.8. The molecule has 12 nitrogen and oxygen atoms in total. The SMILES string of the molecule is CCCN[n+]1ccc(SCC2=C(C(=O)O)N3C(=O)[C@@H](NC(=O)/C(=N\OC)c4csc(N)n4)[C@H]3SC2)cc1. The number of pyridine rings is 1. The van der Waals surface area contributed by atoms with Crippen molar-refractivity contribution >= 4 is 63.5 Å². The summed E-state index contributed by atoms with van der Waals surface area (Å²) in [5.74, 6) is -1.49. The van der Waals surface area contributed by atoms with E-state index < -0.39 is 29.2 Å². The smallest absolute Gasteiger partial charge is 0.352 e. The maximum atomic E-state index is 13.0. The summed E-state index contributed by atoms with van der Waals surface area (Å²) in [6.45, 7) is 2.94. The summed E-state index contributed by atoms with van der Waals surface area (Å²) in [6.07, 6.45) is 4.82. The molecule has 1 fully saturated rings. The van der Waals surface area contributed by atoms with Gasteiger partial charge in [0.25, 0.3) is 11.8 Å². The molecular formula is C22H26N7O5S3+. The molecule has 4 rings (SSSR count). The number of fused-ring (bicyclic) bond motifs is 1. The molecule has 2 aromatic rings. The van der Waals surface area contributed by atoms with E-state index in [1.54, 1.807) is 5.38 Å². The van der Waals surface area contributed by atoms with Crippen LogP contribution in [-0.4, -0.2) is 75.1 Å². The summed E-state index contributed by atoms with van der Waals surface area (Å²) in [5.41, 5.74) is 9.61. The number of carboxylic acids is 1. The van der Waals surface area contributed by atoms with Crippen LogP contribution in [0.2, 0.25) is 0 Å². The monoisotopic (exact) mass is 564 g/mol. The van der Waals surface area contributed by atoms with E-state index >= 15 is 0 Å². The van der Waals surface area contributed by atoms with Crippen LogP contribution in [0.5, 0.6) is 0 Å². The molecule has 0 radical (unpaired) electrons. The number of hydrogen-bond acceptors (Lipinski definition) is 11. The van der Waals surface area contributed by atoms with E-state index in [2.05, 4.69) is 27.8 Å². The average molecular weight is 565 g/mol. The Labute approximate surface area is 225 Å². The van der Waals surface area contributed by atoms with Gasteiger partial charge in [0.2, 0.25) is 12.4 Å². The van der Waals surface area contributed by atoms with Crippen LogP contribution in [0.1, 0.15) is 19.0 Å². The molecule has 0 unspecified atom stereocenters. The number of carboxylic acid groups (broad SMARTS) is 1. The lowest BCUT2D eigenvalue weighted by molar-refractivity contribution is -0.650. The fourth-order valence-electron chi connectivity index (χ4n) is 3.72. The van der Waals surface area contributed by atoms with Gasteiger partial charge in [-0.3, -0.25) is 14.5 Å². The standard InChI is InChI=1S/C22H25N7O5S3/c1-3-6-24-28-7-4-13(5-8-28)35-9-12-10-36-20-16(19(31)29(20)17(12)21(32)33)26-18(30)15(27-34-2)14-11-37-22(23)25-14/h4-5,7-8,11,16,20,24H,3,6,9-10H2,1-2H3,(H3-,23,25,26,30,32,33)/p+1/b27-15-/t16-,20-/m1/s1. The molecule has 5 N–H and O–H groups in total. The third kappa shape index (κ3) is 5.83. The Morgan fingerprint density at radius 1 is 1.41 bits per heavy atom. The van der Waals surface area contributed by atoms with E-state index in [1.807, 2.05) is 29.2 Å². The van der Waals surface area contributed by atoms with E-state index in [0.29, 0.717) is 17.1 Å². The zero-order valence-corrected chi connectivity index (χ0v) is 22.5. The Kier molecular flexibility index (Phi) is 8.56. The van der Waals surface area contributed by atoms with Crippen molar-refractivity contribution < 1.29 is 29.0 Å². The second-order valence-electron chi connectivity index (χ2n) is 7.95. The van der Waals surface area contributed by atoms with Crippen LogP contribution in [0, 0.1) is 0 Å². The molecule has 2 aliphatic heterocycles. The lowest BCUT2D eigenvalue weighted by Gasteiger charge is -2.49. The number of oxime groups is 1. The number of hydrogen-bond donors (Lipinski definition) is 4. The Morgan fingerprint density at radius 3 is 2.78 bits per heavy atom. The van der Waals surface area contributed by atoms with Crippen molar-refractivity contribution in [3.8, 4) is 0 Å². The largest absolute Gasteiger partial charge is 0.477 e. The van der Waals surface area contributed by atoms with E-state index in [0.717, 1.165) is 29.2 Å². The van der Waals surface area contributed by atoms with E-state index in [-0.39, 0.29) is 22.2 Å². The number of β-lactam (4-membered cyclic amide) rings is 1. The van der Waals surface area contributed by atoms with Gasteiger partial charge in [-0.25, -0.2) is 9.78 Å². The molecule has 196 valence electrons. The third-order valence-electron chi connectivity index (χ3n) is 5.45. The third-order valence-corrected chi connectivity index (χ3v) is 8.57. The Morgan fingerprint density at radius 2 is 2.16 bits per heavy atom. The predicted molar refractivity (Wildman–Crippen MR) is 142 cm³/mol. The average Bonchev–Trinajstić information content (AvgIpc) is 3.33. The number of carbonyl (C=O) groups is 3. The number of anilines is 1. The van der Waals surface area contributed by atoms with Gasteiger partial charge < -0.3 is 21.0 Å². The fourth-order valence-corrected chi connectivity index (χ4v) is 6.64. The Hall–Kier alpha value is -3.30. The van der Waals surface area contributed by atoms with E-state index in [9.17, 15) is 19.5 Å². The molecule has 0 aromatic carbocycles.